The molecular formula is C10H18ClNO. The van der Waals surface area contributed by atoms with Crippen LogP contribution < -0.4 is 5.32 Å². The third-order valence-corrected chi connectivity index (χ3v) is 2.95. The smallest absolute Gasteiger partial charge is 0.225 e. The molecule has 0 radical (unpaired) electrons. The molecule has 13 heavy (non-hydrogen) atoms. The number of alkyl halides is 1. The molecular weight excluding hydrogens is 186 g/mol. The van der Waals surface area contributed by atoms with Crippen molar-refractivity contribution >= 4 is 17.5 Å². The molecule has 0 aliphatic heterocycles. The number of rotatable bonds is 3. The highest BCUT2D eigenvalue weighted by Gasteiger charge is 2.35. The van der Waals surface area contributed by atoms with Gasteiger partial charge in [-0.25, -0.2) is 0 Å². The van der Waals surface area contributed by atoms with E-state index in [9.17, 15) is 4.79 Å². The Balaban J connectivity index is 2.38. The summed E-state index contributed by atoms with van der Waals surface area (Å²) in [6, 6.07) is 0. The van der Waals surface area contributed by atoms with Gasteiger partial charge in [0.2, 0.25) is 5.91 Å². The van der Waals surface area contributed by atoms with E-state index >= 15 is 0 Å². The molecule has 1 atom stereocenters. The topological polar surface area (TPSA) is 29.1 Å². The molecule has 0 heterocycles. The average Bonchev–Trinajstić information content (AvgIpc) is 2.49. The Labute approximate surface area is 85.0 Å². The van der Waals surface area contributed by atoms with Crippen LogP contribution in [0.2, 0.25) is 0 Å². The van der Waals surface area contributed by atoms with Crippen LogP contribution in [-0.4, -0.2) is 17.8 Å². The molecule has 1 N–H and O–H groups in total. The molecule has 0 aromatic carbocycles. The van der Waals surface area contributed by atoms with E-state index in [1.807, 2.05) is 13.8 Å². The molecule has 0 aromatic heterocycles. The van der Waals surface area contributed by atoms with Crippen LogP contribution in [0.5, 0.6) is 0 Å². The van der Waals surface area contributed by atoms with Gasteiger partial charge in [-0.15, -0.1) is 11.6 Å². The Morgan fingerprint density at radius 1 is 1.54 bits per heavy atom. The number of halogens is 1. The molecule has 0 saturated heterocycles. The minimum absolute atomic E-state index is 0.0222. The van der Waals surface area contributed by atoms with Crippen molar-refractivity contribution in [3.8, 4) is 0 Å². The maximum atomic E-state index is 11.7. The lowest BCUT2D eigenvalue weighted by Gasteiger charge is -2.22. The van der Waals surface area contributed by atoms with E-state index in [1.54, 1.807) is 0 Å². The van der Waals surface area contributed by atoms with Gasteiger partial charge in [-0.2, -0.15) is 0 Å². The minimum atomic E-state index is -0.119. The van der Waals surface area contributed by atoms with Gasteiger partial charge in [0.1, 0.15) is 0 Å². The van der Waals surface area contributed by atoms with E-state index < -0.39 is 0 Å². The number of carbonyl (C=O) groups is 1. The summed E-state index contributed by atoms with van der Waals surface area (Å²) in [5.41, 5.74) is -0.119. The Bertz CT molecular complexity index is 185. The van der Waals surface area contributed by atoms with Crippen molar-refractivity contribution in [1.29, 1.82) is 0 Å². The summed E-state index contributed by atoms with van der Waals surface area (Å²) in [6.07, 6.45) is 4.41. The van der Waals surface area contributed by atoms with Crippen molar-refractivity contribution in [2.24, 2.45) is 5.41 Å². The number of carbonyl (C=O) groups excluding carboxylic acids is 1. The first-order chi connectivity index (χ1) is 6.04. The second-order valence-corrected chi connectivity index (χ2v) is 5.00. The van der Waals surface area contributed by atoms with E-state index in [-0.39, 0.29) is 16.7 Å². The maximum Gasteiger partial charge on any atom is 0.225 e. The van der Waals surface area contributed by atoms with Gasteiger partial charge in [0.15, 0.2) is 0 Å². The molecule has 1 aliphatic carbocycles. The van der Waals surface area contributed by atoms with Crippen molar-refractivity contribution in [2.75, 3.05) is 6.54 Å². The number of amides is 1. The zero-order valence-corrected chi connectivity index (χ0v) is 9.16. The summed E-state index contributed by atoms with van der Waals surface area (Å²) < 4.78 is 0. The predicted molar refractivity (Wildman–Crippen MR) is 54.9 cm³/mol. The van der Waals surface area contributed by atoms with Crippen molar-refractivity contribution in [2.45, 2.75) is 44.9 Å². The summed E-state index contributed by atoms with van der Waals surface area (Å²) in [5.74, 6) is 0.178. The maximum absolute atomic E-state index is 11.7. The van der Waals surface area contributed by atoms with E-state index in [4.69, 9.17) is 11.6 Å². The van der Waals surface area contributed by atoms with Crippen LogP contribution in [0.25, 0.3) is 0 Å². The van der Waals surface area contributed by atoms with E-state index in [0.29, 0.717) is 6.54 Å². The molecule has 0 bridgehead atoms. The van der Waals surface area contributed by atoms with Gasteiger partial charge in [0.05, 0.1) is 0 Å². The van der Waals surface area contributed by atoms with Crippen molar-refractivity contribution in [3.63, 3.8) is 0 Å². The molecule has 2 nitrogen and oxygen atoms in total. The van der Waals surface area contributed by atoms with Crippen molar-refractivity contribution < 1.29 is 4.79 Å². The SMILES string of the molecule is CC(Cl)CNC(=O)C1(C)CCCC1. The normalized spacial score (nSPS) is 22.7. The van der Waals surface area contributed by atoms with E-state index in [0.717, 1.165) is 12.8 Å². The highest BCUT2D eigenvalue weighted by molar-refractivity contribution is 6.20. The number of nitrogens with one attached hydrogen (secondary N) is 1. The first kappa shape index (κ1) is 10.8. The van der Waals surface area contributed by atoms with Crippen LogP contribution in [0.1, 0.15) is 39.5 Å². The molecule has 76 valence electrons. The standard InChI is InChI=1S/C10H18ClNO/c1-8(11)7-12-9(13)10(2)5-3-4-6-10/h8H,3-7H2,1-2H3,(H,12,13). The zero-order chi connectivity index (χ0) is 9.90. The summed E-state index contributed by atoms with van der Waals surface area (Å²) in [7, 11) is 0. The highest BCUT2D eigenvalue weighted by atomic mass is 35.5. The molecule has 1 unspecified atom stereocenters. The van der Waals surface area contributed by atoms with Gasteiger partial charge in [-0.05, 0) is 19.8 Å². The van der Waals surface area contributed by atoms with Crippen molar-refractivity contribution in [1.82, 2.24) is 5.32 Å². The lowest BCUT2D eigenvalue weighted by molar-refractivity contribution is -0.129. The quantitative estimate of drug-likeness (QED) is 0.701. The fraction of sp³-hybridized carbons (Fsp3) is 0.900. The molecule has 1 rings (SSSR count). The lowest BCUT2D eigenvalue weighted by Crippen LogP contribution is -2.39. The second kappa shape index (κ2) is 4.32. The first-order valence-corrected chi connectivity index (χ1v) is 5.41. The Morgan fingerprint density at radius 3 is 2.54 bits per heavy atom. The van der Waals surface area contributed by atoms with Gasteiger partial charge in [-0.3, -0.25) is 4.79 Å². The monoisotopic (exact) mass is 203 g/mol. The molecule has 3 heteroatoms. The van der Waals surface area contributed by atoms with Crippen LogP contribution in [0, 0.1) is 5.41 Å². The zero-order valence-electron chi connectivity index (χ0n) is 8.40. The molecule has 0 spiro atoms. The van der Waals surface area contributed by atoms with Gasteiger partial charge >= 0.3 is 0 Å². The van der Waals surface area contributed by atoms with Crippen LogP contribution in [-0.2, 0) is 4.79 Å². The third-order valence-electron chi connectivity index (χ3n) is 2.80. The summed E-state index contributed by atoms with van der Waals surface area (Å²) in [4.78, 5) is 11.7. The van der Waals surface area contributed by atoms with E-state index in [1.165, 1.54) is 12.8 Å². The predicted octanol–water partition coefficient (Wildman–Crippen LogP) is 2.31. The summed E-state index contributed by atoms with van der Waals surface area (Å²) in [6.45, 7) is 4.52. The Morgan fingerprint density at radius 2 is 2.08 bits per heavy atom. The van der Waals surface area contributed by atoms with E-state index in [2.05, 4.69) is 5.32 Å². The van der Waals surface area contributed by atoms with Gasteiger partial charge < -0.3 is 5.32 Å². The molecule has 1 aliphatic rings. The number of hydrogen-bond donors (Lipinski definition) is 1. The highest BCUT2D eigenvalue weighted by Crippen LogP contribution is 2.37. The van der Waals surface area contributed by atoms with Gasteiger partial charge in [0.25, 0.3) is 0 Å². The fourth-order valence-electron chi connectivity index (χ4n) is 1.83. The van der Waals surface area contributed by atoms with Crippen molar-refractivity contribution in [3.05, 3.63) is 0 Å². The minimum Gasteiger partial charge on any atom is -0.354 e. The van der Waals surface area contributed by atoms with Crippen LogP contribution >= 0.6 is 11.6 Å². The third kappa shape index (κ3) is 2.87. The van der Waals surface area contributed by atoms with Gasteiger partial charge in [0, 0.05) is 17.3 Å². The molecule has 1 amide bonds. The summed E-state index contributed by atoms with van der Waals surface area (Å²) >= 11 is 5.76. The van der Waals surface area contributed by atoms with Crippen LogP contribution in [0.15, 0.2) is 0 Å². The molecule has 0 aromatic rings. The van der Waals surface area contributed by atoms with Gasteiger partial charge in [-0.1, -0.05) is 19.8 Å². The summed E-state index contributed by atoms with van der Waals surface area (Å²) in [5, 5.41) is 2.92. The lowest BCUT2D eigenvalue weighted by atomic mass is 9.88. The largest absolute Gasteiger partial charge is 0.354 e. The Kier molecular flexibility index (Phi) is 3.60. The average molecular weight is 204 g/mol. The second-order valence-electron chi connectivity index (χ2n) is 4.26. The fourth-order valence-corrected chi connectivity index (χ4v) is 1.91. The van der Waals surface area contributed by atoms with Crippen LogP contribution in [0.3, 0.4) is 0 Å². The Hall–Kier alpha value is -0.240. The first-order valence-electron chi connectivity index (χ1n) is 4.97. The van der Waals surface area contributed by atoms with Crippen LogP contribution in [0.4, 0.5) is 0 Å². The molecule has 1 fully saturated rings. The molecule has 1 saturated carbocycles. The number of hydrogen-bond acceptors (Lipinski definition) is 1.